The molecule has 0 fully saturated rings. The number of fused-ring (bicyclic) bond motifs is 2. The summed E-state index contributed by atoms with van der Waals surface area (Å²) in [4.78, 5) is 39.6. The maximum Gasteiger partial charge on any atom is 0.288 e. The van der Waals surface area contributed by atoms with E-state index in [4.69, 9.17) is 23.4 Å². The van der Waals surface area contributed by atoms with Gasteiger partial charge in [0.25, 0.3) is 5.95 Å². The van der Waals surface area contributed by atoms with Crippen LogP contribution in [0.1, 0.15) is 65.1 Å². The molecule has 0 atom stereocenters. The molecule has 36 heavy (non-hydrogen) atoms. The normalized spacial score (nSPS) is 11.1. The Balaban J connectivity index is 0.00000109. The molecule has 0 saturated carbocycles. The van der Waals surface area contributed by atoms with Crippen molar-refractivity contribution in [1.82, 2.24) is 0 Å². The van der Waals surface area contributed by atoms with Crippen molar-refractivity contribution in [2.24, 2.45) is 0 Å². The van der Waals surface area contributed by atoms with Crippen molar-refractivity contribution in [2.45, 2.75) is 34.6 Å². The number of hydrogen-bond acceptors (Lipinski definition) is 8. The second-order valence-electron chi connectivity index (χ2n) is 7.11. The predicted molar refractivity (Wildman–Crippen MR) is 137 cm³/mol. The molecule has 8 heteroatoms. The third kappa shape index (κ3) is 4.84. The van der Waals surface area contributed by atoms with Crippen LogP contribution in [0.25, 0.3) is 11.3 Å². The zero-order chi connectivity index (χ0) is 27.2. The summed E-state index contributed by atoms with van der Waals surface area (Å²) >= 11 is 0. The molecule has 0 aliphatic heterocycles. The van der Waals surface area contributed by atoms with E-state index in [1.54, 1.807) is 13.0 Å². The second-order valence-corrected chi connectivity index (χ2v) is 7.11. The highest BCUT2D eigenvalue weighted by Crippen LogP contribution is 2.44. The van der Waals surface area contributed by atoms with E-state index in [2.05, 4.69) is 0 Å². The molecule has 3 aromatic rings. The number of aryl methyl sites for hydroxylation is 1. The largest absolute Gasteiger partial charge is 0.497 e. The van der Waals surface area contributed by atoms with Gasteiger partial charge in [0.1, 0.15) is 23.0 Å². The van der Waals surface area contributed by atoms with Gasteiger partial charge in [0.15, 0.2) is 11.2 Å². The maximum absolute atomic E-state index is 13.8. The van der Waals surface area contributed by atoms with Crippen LogP contribution in [0, 0.1) is 6.92 Å². The number of carbonyl (C=O) groups excluding carboxylic acids is 2. The van der Waals surface area contributed by atoms with Gasteiger partial charge in [-0.05, 0) is 24.6 Å². The Kier molecular flexibility index (Phi) is 9.44. The quantitative estimate of drug-likeness (QED) is 0.358. The predicted octanol–water partition coefficient (Wildman–Crippen LogP) is 5.48. The highest BCUT2D eigenvalue weighted by Gasteiger charge is 2.38. The van der Waals surface area contributed by atoms with Gasteiger partial charge in [-0.15, -0.1) is 0 Å². The molecule has 4 rings (SSSR count). The number of rotatable bonds is 5. The van der Waals surface area contributed by atoms with Crippen LogP contribution in [0.4, 0.5) is 0 Å². The van der Waals surface area contributed by atoms with Crippen LogP contribution in [0.2, 0.25) is 0 Å². The lowest BCUT2D eigenvalue weighted by Crippen LogP contribution is -2.24. The van der Waals surface area contributed by atoms with Gasteiger partial charge < -0.3 is 23.4 Å². The molecule has 1 aliphatic carbocycles. The monoisotopic (exact) mass is 496 g/mol. The lowest BCUT2D eigenvalue weighted by molar-refractivity contribution is 0.0974. The minimum atomic E-state index is -0.450. The van der Waals surface area contributed by atoms with Gasteiger partial charge in [-0.25, -0.2) is 0 Å². The summed E-state index contributed by atoms with van der Waals surface area (Å²) in [5.74, 6) is -0.0141. The lowest BCUT2D eigenvalue weighted by Gasteiger charge is -2.25. The Morgan fingerprint density at radius 2 is 1.22 bits per heavy atom. The van der Waals surface area contributed by atoms with E-state index in [1.807, 2.05) is 27.7 Å². The third-order valence-corrected chi connectivity index (χ3v) is 5.36. The highest BCUT2D eigenvalue weighted by molar-refractivity contribution is 6.32. The highest BCUT2D eigenvalue weighted by atomic mass is 16.6. The summed E-state index contributed by atoms with van der Waals surface area (Å²) in [5.41, 5.74) is 0.902. The minimum absolute atomic E-state index is 0.0187. The smallest absolute Gasteiger partial charge is 0.288 e. The van der Waals surface area contributed by atoms with Crippen LogP contribution in [-0.2, 0) is 0 Å². The molecule has 192 valence electrons. The average Bonchev–Trinajstić information content (AvgIpc) is 2.91. The van der Waals surface area contributed by atoms with Crippen LogP contribution in [0.3, 0.4) is 0 Å². The molecular formula is C28H32O8. The minimum Gasteiger partial charge on any atom is -0.497 e. The van der Waals surface area contributed by atoms with Gasteiger partial charge in [0.2, 0.25) is 5.78 Å². The molecule has 2 aromatic carbocycles. The Morgan fingerprint density at radius 1 is 0.611 bits per heavy atom. The van der Waals surface area contributed by atoms with Crippen LogP contribution in [-0.4, -0.2) is 40.0 Å². The van der Waals surface area contributed by atoms with E-state index in [1.165, 1.54) is 52.7 Å². The Labute approximate surface area is 210 Å². The van der Waals surface area contributed by atoms with E-state index in [-0.39, 0.29) is 50.9 Å². The summed E-state index contributed by atoms with van der Waals surface area (Å²) in [6, 6.07) is 7.09. The molecule has 0 N–H and O–H groups in total. The molecule has 8 nitrogen and oxygen atoms in total. The molecule has 0 radical (unpaired) electrons. The zero-order valence-electron chi connectivity index (χ0n) is 22.2. The Morgan fingerprint density at radius 3 is 1.78 bits per heavy atom. The van der Waals surface area contributed by atoms with Crippen molar-refractivity contribution < 1.29 is 33.0 Å². The number of hydrogen-bond donors (Lipinski definition) is 0. The van der Waals surface area contributed by atoms with Crippen molar-refractivity contribution in [1.29, 1.82) is 0 Å². The van der Waals surface area contributed by atoms with Gasteiger partial charge in [0, 0.05) is 28.8 Å². The molecular weight excluding hydrogens is 464 g/mol. The fraction of sp³-hybridized carbons (Fsp3) is 0.321. The molecule has 0 amide bonds. The van der Waals surface area contributed by atoms with E-state index in [0.29, 0.717) is 16.9 Å². The topological polar surface area (TPSA) is 101 Å². The summed E-state index contributed by atoms with van der Waals surface area (Å²) < 4.78 is 26.9. The van der Waals surface area contributed by atoms with Gasteiger partial charge in [-0.1, -0.05) is 27.7 Å². The molecule has 0 spiro atoms. The van der Waals surface area contributed by atoms with Gasteiger partial charge in [-0.3, -0.25) is 14.4 Å². The third-order valence-electron chi connectivity index (χ3n) is 5.36. The first kappa shape index (κ1) is 28.2. The summed E-state index contributed by atoms with van der Waals surface area (Å²) in [6.07, 6.45) is 0. The van der Waals surface area contributed by atoms with E-state index in [9.17, 15) is 14.4 Å². The SMILES string of the molecule is CC.CC.COc1cc(OC)c2c(c1)C(=O)c1c(c(OC)cc(C)c1-c1cc(=O)cc(OC)o1)C2=O. The Hall–Kier alpha value is -4.07. The fourth-order valence-electron chi connectivity index (χ4n) is 3.94. The zero-order valence-corrected chi connectivity index (χ0v) is 22.2. The van der Waals surface area contributed by atoms with Crippen molar-refractivity contribution in [3.63, 3.8) is 0 Å². The van der Waals surface area contributed by atoms with Crippen molar-refractivity contribution >= 4 is 11.6 Å². The van der Waals surface area contributed by atoms with Gasteiger partial charge >= 0.3 is 0 Å². The molecule has 1 aliphatic rings. The van der Waals surface area contributed by atoms with E-state index >= 15 is 0 Å². The number of ketones is 2. The van der Waals surface area contributed by atoms with Crippen LogP contribution in [0.15, 0.2) is 39.5 Å². The Bertz CT molecular complexity index is 1330. The first-order chi connectivity index (χ1) is 17.3. The fourth-order valence-corrected chi connectivity index (χ4v) is 3.94. The first-order valence-electron chi connectivity index (χ1n) is 11.6. The molecule has 1 heterocycles. The van der Waals surface area contributed by atoms with Crippen molar-refractivity contribution in [2.75, 3.05) is 28.4 Å². The lowest BCUT2D eigenvalue weighted by atomic mass is 9.79. The molecule has 0 bridgehead atoms. The van der Waals surface area contributed by atoms with Crippen LogP contribution < -0.4 is 24.4 Å². The molecule has 0 saturated heterocycles. The standard InChI is InChI=1S/C24H20O8.2C2H6/c1-11-6-15(29-3)21-22(19(11)17-7-12(25)8-18(31-5)32-17)23(26)14-9-13(28-2)10-16(30-4)20(14)24(21)27;2*1-2/h6-10H,1-5H3;2*1-2H3. The second kappa shape index (κ2) is 12.1. The van der Waals surface area contributed by atoms with Crippen LogP contribution >= 0.6 is 0 Å². The van der Waals surface area contributed by atoms with Gasteiger partial charge in [-0.2, -0.15) is 0 Å². The van der Waals surface area contributed by atoms with Crippen molar-refractivity contribution in [3.8, 4) is 34.5 Å². The summed E-state index contributed by atoms with van der Waals surface area (Å²) in [7, 11) is 5.64. The maximum atomic E-state index is 13.8. The summed E-state index contributed by atoms with van der Waals surface area (Å²) in [6.45, 7) is 9.73. The number of methoxy groups -OCH3 is 4. The average molecular weight is 497 g/mol. The first-order valence-corrected chi connectivity index (χ1v) is 11.6. The van der Waals surface area contributed by atoms with Crippen LogP contribution in [0.5, 0.6) is 23.2 Å². The molecule has 0 unspecified atom stereocenters. The number of carbonyl (C=O) groups is 2. The number of benzene rings is 2. The van der Waals surface area contributed by atoms with E-state index in [0.717, 1.165) is 0 Å². The van der Waals surface area contributed by atoms with E-state index < -0.39 is 11.6 Å². The van der Waals surface area contributed by atoms with Gasteiger partial charge in [0.05, 0.1) is 45.6 Å². The number of ether oxygens (including phenoxy) is 4. The summed E-state index contributed by atoms with van der Waals surface area (Å²) in [5, 5.41) is 0. The molecule has 1 aromatic heterocycles. The van der Waals surface area contributed by atoms with Crippen molar-refractivity contribution in [3.05, 3.63) is 68.4 Å².